The lowest BCUT2D eigenvalue weighted by Crippen LogP contribution is -1.96. The maximum Gasteiger partial charge on any atom is 0.160 e. The van der Waals surface area contributed by atoms with Crippen molar-refractivity contribution in [3.05, 3.63) is 170 Å². The lowest BCUT2D eigenvalue weighted by molar-refractivity contribution is 0.673. The lowest BCUT2D eigenvalue weighted by atomic mass is 9.94. The van der Waals surface area contributed by atoms with Gasteiger partial charge in [-0.3, -0.25) is 0 Å². The Morgan fingerprint density at radius 1 is 0.340 bits per heavy atom. The normalized spacial score (nSPS) is 11.4. The van der Waals surface area contributed by atoms with E-state index in [1.807, 2.05) is 36.4 Å². The third kappa shape index (κ3) is 4.86. The van der Waals surface area contributed by atoms with Crippen LogP contribution in [0.25, 0.3) is 88.9 Å². The summed E-state index contributed by atoms with van der Waals surface area (Å²) in [6.07, 6.45) is 0. The van der Waals surface area contributed by atoms with Crippen molar-refractivity contribution < 1.29 is 4.42 Å². The molecular formula is C44H28N2O. The number of benzene rings is 7. The molecule has 0 saturated carbocycles. The van der Waals surface area contributed by atoms with Gasteiger partial charge in [0.05, 0.1) is 11.4 Å². The van der Waals surface area contributed by atoms with Gasteiger partial charge in [-0.15, -0.1) is 0 Å². The maximum absolute atomic E-state index is 6.53. The monoisotopic (exact) mass is 600 g/mol. The van der Waals surface area contributed by atoms with Crippen molar-refractivity contribution in [1.82, 2.24) is 9.97 Å². The summed E-state index contributed by atoms with van der Waals surface area (Å²) >= 11 is 0. The molecule has 3 heteroatoms. The molecule has 2 heterocycles. The highest BCUT2D eigenvalue weighted by molar-refractivity contribution is 6.19. The van der Waals surface area contributed by atoms with Gasteiger partial charge in [0.15, 0.2) is 5.82 Å². The van der Waals surface area contributed by atoms with Crippen molar-refractivity contribution in [1.29, 1.82) is 0 Å². The first-order valence-corrected chi connectivity index (χ1v) is 15.8. The van der Waals surface area contributed by atoms with Crippen molar-refractivity contribution in [2.24, 2.45) is 0 Å². The van der Waals surface area contributed by atoms with Gasteiger partial charge in [0.1, 0.15) is 11.2 Å². The molecule has 3 nitrogen and oxygen atoms in total. The molecule has 0 amide bonds. The fourth-order valence-electron chi connectivity index (χ4n) is 6.56. The lowest BCUT2D eigenvalue weighted by Gasteiger charge is -2.11. The molecular weight excluding hydrogens is 572 g/mol. The molecule has 0 saturated heterocycles. The summed E-state index contributed by atoms with van der Waals surface area (Å²) in [5.41, 5.74) is 11.3. The highest BCUT2D eigenvalue weighted by atomic mass is 16.3. The summed E-state index contributed by atoms with van der Waals surface area (Å²) in [7, 11) is 0. The van der Waals surface area contributed by atoms with Crippen LogP contribution in [0, 0.1) is 0 Å². The number of hydrogen-bond acceptors (Lipinski definition) is 3. The quantitative estimate of drug-likeness (QED) is 0.197. The predicted molar refractivity (Wildman–Crippen MR) is 194 cm³/mol. The Morgan fingerprint density at radius 2 is 0.915 bits per heavy atom. The Morgan fingerprint density at radius 3 is 1.66 bits per heavy atom. The van der Waals surface area contributed by atoms with Crippen molar-refractivity contribution >= 4 is 32.7 Å². The number of fused-ring (bicyclic) bond motifs is 5. The molecule has 0 spiro atoms. The Hall–Kier alpha value is -6.32. The average molecular weight is 601 g/mol. The van der Waals surface area contributed by atoms with Gasteiger partial charge in [-0.05, 0) is 58.0 Å². The van der Waals surface area contributed by atoms with E-state index in [4.69, 9.17) is 14.4 Å². The summed E-state index contributed by atoms with van der Waals surface area (Å²) < 4.78 is 6.53. The second-order valence-electron chi connectivity index (χ2n) is 11.8. The minimum atomic E-state index is 0.708. The van der Waals surface area contributed by atoms with Crippen LogP contribution in [0.1, 0.15) is 0 Å². The highest BCUT2D eigenvalue weighted by Crippen LogP contribution is 2.41. The average Bonchev–Trinajstić information content (AvgIpc) is 3.53. The van der Waals surface area contributed by atoms with Crippen LogP contribution in [-0.2, 0) is 0 Å². The van der Waals surface area contributed by atoms with Gasteiger partial charge in [0.2, 0.25) is 0 Å². The molecule has 9 rings (SSSR count). The first-order valence-electron chi connectivity index (χ1n) is 15.8. The van der Waals surface area contributed by atoms with Gasteiger partial charge in [-0.1, -0.05) is 140 Å². The van der Waals surface area contributed by atoms with E-state index >= 15 is 0 Å². The molecule has 0 N–H and O–H groups in total. The molecule has 0 aliphatic rings. The SMILES string of the molecule is c1ccc(-c2cc(-c3cccc(-c4ccc5oc6c7ccccc7c(-c7ccccc7)cc6c5c4)c3)nc(-c3ccccc3)n2)cc1. The van der Waals surface area contributed by atoms with E-state index in [0.717, 1.165) is 66.5 Å². The predicted octanol–water partition coefficient (Wildman–Crippen LogP) is 11.9. The Balaban J connectivity index is 1.19. The van der Waals surface area contributed by atoms with Crippen LogP contribution in [0.2, 0.25) is 0 Å². The number of furan rings is 1. The molecule has 0 unspecified atom stereocenters. The first-order chi connectivity index (χ1) is 23.3. The largest absolute Gasteiger partial charge is 0.455 e. The van der Waals surface area contributed by atoms with Crippen LogP contribution in [0.15, 0.2) is 174 Å². The standard InChI is InChI=1S/C44H28N2O/c1-4-13-29(14-5-1)37-27-39-38-26-33(23-24-42(38)47-43(39)36-22-11-10-21-35(36)37)32-19-12-20-34(25-32)41-28-40(30-15-6-2-7-16-30)45-44(46-41)31-17-8-3-9-18-31/h1-28H. The van der Waals surface area contributed by atoms with E-state index in [-0.39, 0.29) is 0 Å². The second kappa shape index (κ2) is 11.2. The minimum absolute atomic E-state index is 0.708. The number of hydrogen-bond donors (Lipinski definition) is 0. The molecule has 2 aromatic heterocycles. The van der Waals surface area contributed by atoms with Crippen LogP contribution >= 0.6 is 0 Å². The number of rotatable bonds is 5. The van der Waals surface area contributed by atoms with E-state index < -0.39 is 0 Å². The van der Waals surface area contributed by atoms with E-state index in [1.54, 1.807) is 0 Å². The number of aromatic nitrogens is 2. The summed E-state index contributed by atoms with van der Waals surface area (Å²) in [6.45, 7) is 0. The third-order valence-electron chi connectivity index (χ3n) is 8.88. The molecule has 7 aromatic carbocycles. The molecule has 0 aliphatic heterocycles. The maximum atomic E-state index is 6.53. The summed E-state index contributed by atoms with van der Waals surface area (Å²) in [5.74, 6) is 0.708. The Labute approximate surface area is 272 Å². The second-order valence-corrected chi connectivity index (χ2v) is 11.8. The Bertz CT molecular complexity index is 2500. The van der Waals surface area contributed by atoms with Crippen LogP contribution in [0.3, 0.4) is 0 Å². The van der Waals surface area contributed by atoms with Gasteiger partial charge in [0.25, 0.3) is 0 Å². The molecule has 0 bridgehead atoms. The Kier molecular flexibility index (Phi) is 6.46. The minimum Gasteiger partial charge on any atom is -0.455 e. The zero-order chi connectivity index (χ0) is 31.2. The molecule has 0 radical (unpaired) electrons. The van der Waals surface area contributed by atoms with Crippen molar-refractivity contribution in [2.75, 3.05) is 0 Å². The smallest absolute Gasteiger partial charge is 0.160 e. The van der Waals surface area contributed by atoms with Gasteiger partial charge in [0, 0.05) is 32.8 Å². The first kappa shape index (κ1) is 27.0. The van der Waals surface area contributed by atoms with Gasteiger partial charge in [-0.25, -0.2) is 9.97 Å². The van der Waals surface area contributed by atoms with Gasteiger partial charge < -0.3 is 4.42 Å². The van der Waals surface area contributed by atoms with Gasteiger partial charge in [-0.2, -0.15) is 0 Å². The molecule has 0 atom stereocenters. The van der Waals surface area contributed by atoms with Crippen molar-refractivity contribution in [3.8, 4) is 56.2 Å². The molecule has 9 aromatic rings. The summed E-state index contributed by atoms with van der Waals surface area (Å²) in [6, 6.07) is 59.1. The van der Waals surface area contributed by atoms with Crippen LogP contribution in [0.4, 0.5) is 0 Å². The van der Waals surface area contributed by atoms with Crippen LogP contribution in [-0.4, -0.2) is 9.97 Å². The molecule has 220 valence electrons. The van der Waals surface area contributed by atoms with E-state index in [2.05, 4.69) is 133 Å². The fourth-order valence-corrected chi connectivity index (χ4v) is 6.56. The van der Waals surface area contributed by atoms with Crippen molar-refractivity contribution in [3.63, 3.8) is 0 Å². The summed E-state index contributed by atoms with van der Waals surface area (Å²) in [4.78, 5) is 10.0. The molecule has 0 aliphatic carbocycles. The van der Waals surface area contributed by atoms with Crippen LogP contribution in [0.5, 0.6) is 0 Å². The molecule has 0 fully saturated rings. The highest BCUT2D eigenvalue weighted by Gasteiger charge is 2.16. The van der Waals surface area contributed by atoms with Crippen molar-refractivity contribution in [2.45, 2.75) is 0 Å². The van der Waals surface area contributed by atoms with Crippen LogP contribution < -0.4 is 0 Å². The number of nitrogens with zero attached hydrogens (tertiary/aromatic N) is 2. The molecule has 47 heavy (non-hydrogen) atoms. The topological polar surface area (TPSA) is 38.9 Å². The van der Waals surface area contributed by atoms with Gasteiger partial charge >= 0.3 is 0 Å². The van der Waals surface area contributed by atoms with E-state index in [0.29, 0.717) is 5.82 Å². The summed E-state index contributed by atoms with van der Waals surface area (Å²) in [5, 5.41) is 4.53. The zero-order valence-electron chi connectivity index (χ0n) is 25.5. The van der Waals surface area contributed by atoms with E-state index in [9.17, 15) is 0 Å². The van der Waals surface area contributed by atoms with E-state index in [1.165, 1.54) is 16.5 Å². The third-order valence-corrected chi connectivity index (χ3v) is 8.88. The zero-order valence-corrected chi connectivity index (χ0v) is 25.5. The fraction of sp³-hybridized carbons (Fsp3) is 0.